The summed E-state index contributed by atoms with van der Waals surface area (Å²) in [6.45, 7) is 7.44. The average Bonchev–Trinajstić information content (AvgIpc) is 3.23. The zero-order valence-corrected chi connectivity index (χ0v) is 25.2. The van der Waals surface area contributed by atoms with Crippen molar-refractivity contribution in [3.8, 4) is 0 Å². The number of aliphatic hydroxyl groups excluding tert-OH is 1. The van der Waals surface area contributed by atoms with Crippen molar-refractivity contribution in [2.24, 2.45) is 0 Å². The molecular formula is C30H40N2O8Si. The van der Waals surface area contributed by atoms with Crippen molar-refractivity contribution < 1.29 is 28.8 Å². The van der Waals surface area contributed by atoms with E-state index >= 15 is 0 Å². The monoisotopic (exact) mass is 584 g/mol. The Morgan fingerprint density at radius 1 is 1.02 bits per heavy atom. The van der Waals surface area contributed by atoms with E-state index in [9.17, 15) is 19.8 Å². The summed E-state index contributed by atoms with van der Waals surface area (Å²) in [4.78, 5) is 27.2. The molecule has 1 aliphatic heterocycles. The number of aliphatic hydroxyl groups is 2. The highest BCUT2D eigenvalue weighted by molar-refractivity contribution is 6.99. The molecule has 3 N–H and O–H groups in total. The molecule has 0 spiro atoms. The van der Waals surface area contributed by atoms with Gasteiger partial charge in [0, 0.05) is 18.9 Å². The van der Waals surface area contributed by atoms with Gasteiger partial charge in [-0.1, -0.05) is 81.4 Å². The van der Waals surface area contributed by atoms with Crippen LogP contribution in [0.4, 0.5) is 0 Å². The zero-order valence-electron chi connectivity index (χ0n) is 24.2. The molecule has 4 atom stereocenters. The highest BCUT2D eigenvalue weighted by Gasteiger charge is 2.59. The molecule has 10 nitrogen and oxygen atoms in total. The molecule has 0 radical (unpaired) electrons. The Morgan fingerprint density at radius 2 is 1.61 bits per heavy atom. The summed E-state index contributed by atoms with van der Waals surface area (Å²) in [6, 6.07) is 20.0. The third-order valence-corrected chi connectivity index (χ3v) is 12.7. The molecule has 11 heteroatoms. The second kappa shape index (κ2) is 12.5. The Bertz CT molecular complexity index is 1370. The molecule has 3 aromatic rings. The Labute approximate surface area is 240 Å². The smallest absolute Gasteiger partial charge is 0.330 e. The van der Waals surface area contributed by atoms with Crippen LogP contribution in [0, 0.1) is 6.92 Å². The molecule has 41 heavy (non-hydrogen) atoms. The number of hydrogen-bond donors (Lipinski definition) is 3. The quantitative estimate of drug-likeness (QED) is 0.225. The topological polar surface area (TPSA) is 132 Å². The van der Waals surface area contributed by atoms with Gasteiger partial charge in [0.2, 0.25) is 0 Å². The molecule has 222 valence electrons. The first kappa shape index (κ1) is 31.0. The van der Waals surface area contributed by atoms with E-state index < -0.39 is 50.2 Å². The zero-order chi connectivity index (χ0) is 29.8. The molecule has 1 aromatic heterocycles. The number of H-pyrrole nitrogens is 1. The number of aryl methyl sites for hydroxylation is 1. The molecule has 1 fully saturated rings. The normalized spacial score (nSPS) is 23.1. The largest absolute Gasteiger partial charge is 0.405 e. The first-order valence-corrected chi connectivity index (χ1v) is 15.6. The fourth-order valence-electron chi connectivity index (χ4n) is 5.60. The van der Waals surface area contributed by atoms with Crippen molar-refractivity contribution in [1.29, 1.82) is 0 Å². The van der Waals surface area contributed by atoms with E-state index in [1.54, 1.807) is 6.92 Å². The van der Waals surface area contributed by atoms with Gasteiger partial charge in [0.15, 0.2) is 6.23 Å². The lowest BCUT2D eigenvalue weighted by molar-refractivity contribution is -0.139. The summed E-state index contributed by atoms with van der Waals surface area (Å²) in [5.74, 6) is 0. The molecule has 0 unspecified atom stereocenters. The number of nitrogens with zero attached hydrogens (tertiary/aromatic N) is 1. The Kier molecular flexibility index (Phi) is 9.49. The van der Waals surface area contributed by atoms with Crippen molar-refractivity contribution in [3.05, 3.63) is 93.3 Å². The van der Waals surface area contributed by atoms with Crippen molar-refractivity contribution in [3.63, 3.8) is 0 Å². The molecule has 0 amide bonds. The first-order chi connectivity index (χ1) is 19.5. The van der Waals surface area contributed by atoms with E-state index in [1.807, 2.05) is 36.4 Å². The second-order valence-electron chi connectivity index (χ2n) is 11.4. The lowest BCUT2D eigenvalue weighted by Crippen LogP contribution is -2.67. The van der Waals surface area contributed by atoms with Gasteiger partial charge in [0.05, 0.1) is 26.4 Å². The lowest BCUT2D eigenvalue weighted by Gasteiger charge is -2.44. The minimum Gasteiger partial charge on any atom is -0.405 e. The molecule has 2 heterocycles. The third kappa shape index (κ3) is 5.89. The summed E-state index contributed by atoms with van der Waals surface area (Å²) >= 11 is 0. The second-order valence-corrected chi connectivity index (χ2v) is 15.7. The van der Waals surface area contributed by atoms with Crippen LogP contribution < -0.4 is 21.6 Å². The summed E-state index contributed by atoms with van der Waals surface area (Å²) in [5, 5.41) is 24.2. The number of methoxy groups -OCH3 is 1. The Balaban J connectivity index is 1.78. The number of aromatic nitrogens is 2. The fourth-order valence-corrected chi connectivity index (χ4v) is 10.2. The molecule has 2 aromatic carbocycles. The Morgan fingerprint density at radius 3 is 2.12 bits per heavy atom. The number of ether oxygens (including phenoxy) is 3. The van der Waals surface area contributed by atoms with E-state index in [-0.39, 0.29) is 30.4 Å². The number of nitrogens with one attached hydrogen (secondary N) is 1. The number of benzene rings is 2. The predicted octanol–water partition coefficient (Wildman–Crippen LogP) is 1.07. The van der Waals surface area contributed by atoms with Crippen molar-refractivity contribution in [2.75, 3.05) is 33.5 Å². The van der Waals surface area contributed by atoms with Crippen LogP contribution in [-0.4, -0.2) is 79.4 Å². The van der Waals surface area contributed by atoms with Crippen LogP contribution in [0.2, 0.25) is 5.04 Å². The minimum atomic E-state index is -3.02. The minimum absolute atomic E-state index is 0.0721. The summed E-state index contributed by atoms with van der Waals surface area (Å²) in [5.41, 5.74) is -2.90. The molecule has 4 rings (SSSR count). The number of rotatable bonds is 11. The third-order valence-electron chi connectivity index (χ3n) is 7.74. The maximum absolute atomic E-state index is 12.9. The maximum Gasteiger partial charge on any atom is 0.330 e. The van der Waals surface area contributed by atoms with Gasteiger partial charge in [-0.3, -0.25) is 14.3 Å². The molecule has 1 aliphatic rings. The van der Waals surface area contributed by atoms with Gasteiger partial charge >= 0.3 is 5.69 Å². The van der Waals surface area contributed by atoms with Crippen LogP contribution in [0.25, 0.3) is 0 Å². The summed E-state index contributed by atoms with van der Waals surface area (Å²) in [6.07, 6.45) is -2.04. The van der Waals surface area contributed by atoms with Gasteiger partial charge in [0.1, 0.15) is 17.8 Å². The molecular weight excluding hydrogens is 544 g/mol. The van der Waals surface area contributed by atoms with Crippen LogP contribution >= 0.6 is 0 Å². The Hall–Kier alpha value is -2.90. The molecule has 1 saturated heterocycles. The highest BCUT2D eigenvalue weighted by Crippen LogP contribution is 2.41. The van der Waals surface area contributed by atoms with Gasteiger partial charge in [-0.2, -0.15) is 0 Å². The van der Waals surface area contributed by atoms with Crippen molar-refractivity contribution >= 4 is 18.7 Å². The first-order valence-electron chi connectivity index (χ1n) is 13.7. The van der Waals surface area contributed by atoms with Gasteiger partial charge in [-0.05, 0) is 22.3 Å². The van der Waals surface area contributed by atoms with Gasteiger partial charge in [0.25, 0.3) is 13.9 Å². The predicted molar refractivity (Wildman–Crippen MR) is 157 cm³/mol. The van der Waals surface area contributed by atoms with Crippen molar-refractivity contribution in [2.45, 2.75) is 56.8 Å². The van der Waals surface area contributed by atoms with E-state index in [1.165, 1.54) is 17.9 Å². The molecule has 0 aliphatic carbocycles. The van der Waals surface area contributed by atoms with Crippen LogP contribution in [0.15, 0.2) is 76.4 Å². The summed E-state index contributed by atoms with van der Waals surface area (Å²) in [7, 11) is -1.51. The SMILES string of the molecule is COCCO[C@H]1[C@H](n2cc(C)c(=O)[nH]c2=O)O[C@H](CO[Si](c2ccccc2)(c2ccccc2)C(C)(C)C)[C@]1(O)CO. The van der Waals surface area contributed by atoms with Gasteiger partial charge in [-0.25, -0.2) is 4.79 Å². The van der Waals surface area contributed by atoms with E-state index in [4.69, 9.17) is 18.6 Å². The van der Waals surface area contributed by atoms with E-state index in [2.05, 4.69) is 50.0 Å². The maximum atomic E-state index is 12.9. The van der Waals surface area contributed by atoms with E-state index in [0.717, 1.165) is 10.4 Å². The number of aromatic amines is 1. The van der Waals surface area contributed by atoms with E-state index in [0.29, 0.717) is 0 Å². The molecule has 0 saturated carbocycles. The molecule has 0 bridgehead atoms. The van der Waals surface area contributed by atoms with Crippen LogP contribution in [0.5, 0.6) is 0 Å². The lowest BCUT2D eigenvalue weighted by atomic mass is 9.93. The average molecular weight is 585 g/mol. The summed E-state index contributed by atoms with van der Waals surface area (Å²) < 4.78 is 25.6. The number of hydrogen-bond acceptors (Lipinski definition) is 8. The van der Waals surface area contributed by atoms with Crippen molar-refractivity contribution in [1.82, 2.24) is 9.55 Å². The fraction of sp³-hybridized carbons (Fsp3) is 0.467. The van der Waals surface area contributed by atoms with Gasteiger partial charge < -0.3 is 28.8 Å². The highest BCUT2D eigenvalue weighted by atomic mass is 28.4. The van der Waals surface area contributed by atoms with Crippen LogP contribution in [0.3, 0.4) is 0 Å². The van der Waals surface area contributed by atoms with Gasteiger partial charge in [-0.15, -0.1) is 0 Å². The van der Waals surface area contributed by atoms with Crippen LogP contribution in [0.1, 0.15) is 32.6 Å². The standard InChI is InChI=1S/C30H40N2O8Si/c1-21-18-32(28(35)31-26(21)34)27-25(38-17-16-37-5)30(36,20-33)24(40-27)19-39-41(29(2,3)4,22-12-8-6-9-13-22)23-14-10-7-11-15-23/h6-15,18,24-25,27,33,36H,16-17,19-20H2,1-5H3,(H,31,34,35)/t24-,25+,27-,30-/m1/s1. The van der Waals surface area contributed by atoms with Crippen LogP contribution in [-0.2, 0) is 18.6 Å².